The van der Waals surface area contributed by atoms with Gasteiger partial charge in [0.1, 0.15) is 5.54 Å². The van der Waals surface area contributed by atoms with Crippen LogP contribution in [-0.2, 0) is 9.59 Å². The van der Waals surface area contributed by atoms with Gasteiger partial charge in [-0.25, -0.2) is 4.79 Å². The second-order valence-electron chi connectivity index (χ2n) is 4.84. The van der Waals surface area contributed by atoms with Gasteiger partial charge in [-0.3, -0.25) is 4.79 Å². The van der Waals surface area contributed by atoms with Gasteiger partial charge in [0, 0.05) is 13.5 Å². The van der Waals surface area contributed by atoms with Gasteiger partial charge in [-0.05, 0) is 26.2 Å². The van der Waals surface area contributed by atoms with Gasteiger partial charge in [-0.1, -0.05) is 19.3 Å². The van der Waals surface area contributed by atoms with E-state index >= 15 is 0 Å². The van der Waals surface area contributed by atoms with Gasteiger partial charge in [-0.15, -0.1) is 0 Å². The average Bonchev–Trinajstić information content (AvgIpc) is 2.11. The molecule has 1 saturated carbocycles. The van der Waals surface area contributed by atoms with Crippen LogP contribution >= 0.6 is 0 Å². The molecule has 1 N–H and O–H groups in total. The maximum Gasteiger partial charge on any atom is 0.329 e. The Morgan fingerprint density at radius 3 is 2.25 bits per heavy atom. The molecule has 1 fully saturated rings. The minimum atomic E-state index is -1.04. The van der Waals surface area contributed by atoms with Gasteiger partial charge in [0.15, 0.2) is 0 Å². The molecule has 0 aromatic rings. The first kappa shape index (κ1) is 13.0. The SMILES string of the molecule is CCN(C(C)=O)C(C)(CC1CCC1)C(=O)O. The van der Waals surface area contributed by atoms with Crippen LogP contribution in [-0.4, -0.2) is 34.0 Å². The average molecular weight is 227 g/mol. The van der Waals surface area contributed by atoms with Crippen LogP contribution in [0.25, 0.3) is 0 Å². The molecule has 0 aromatic carbocycles. The first-order valence-corrected chi connectivity index (χ1v) is 5.93. The number of carbonyl (C=O) groups is 2. The van der Waals surface area contributed by atoms with Crippen LogP contribution in [0.5, 0.6) is 0 Å². The van der Waals surface area contributed by atoms with Crippen molar-refractivity contribution in [1.29, 1.82) is 0 Å². The maximum absolute atomic E-state index is 11.5. The number of amides is 1. The number of rotatable bonds is 5. The summed E-state index contributed by atoms with van der Waals surface area (Å²) in [5, 5.41) is 9.36. The molecule has 0 saturated heterocycles. The first-order valence-electron chi connectivity index (χ1n) is 5.93. The molecule has 4 heteroatoms. The topological polar surface area (TPSA) is 57.6 Å². The number of nitrogens with zero attached hydrogens (tertiary/aromatic N) is 1. The zero-order valence-electron chi connectivity index (χ0n) is 10.3. The lowest BCUT2D eigenvalue weighted by Crippen LogP contribution is -2.55. The Bertz CT molecular complexity index is 286. The Balaban J connectivity index is 2.84. The molecule has 92 valence electrons. The van der Waals surface area contributed by atoms with Crippen LogP contribution < -0.4 is 0 Å². The van der Waals surface area contributed by atoms with Crippen LogP contribution in [0.15, 0.2) is 0 Å². The Morgan fingerprint density at radius 1 is 1.44 bits per heavy atom. The maximum atomic E-state index is 11.5. The molecule has 0 aliphatic heterocycles. The molecule has 4 nitrogen and oxygen atoms in total. The second-order valence-corrected chi connectivity index (χ2v) is 4.84. The highest BCUT2D eigenvalue weighted by Gasteiger charge is 2.43. The molecule has 0 radical (unpaired) electrons. The Hall–Kier alpha value is -1.06. The van der Waals surface area contributed by atoms with E-state index in [1.54, 1.807) is 6.92 Å². The van der Waals surface area contributed by atoms with Crippen molar-refractivity contribution in [2.45, 2.75) is 52.0 Å². The Morgan fingerprint density at radius 2 is 2.00 bits per heavy atom. The highest BCUT2D eigenvalue weighted by molar-refractivity contribution is 5.85. The van der Waals surface area contributed by atoms with Crippen molar-refractivity contribution in [3.63, 3.8) is 0 Å². The molecule has 1 amide bonds. The summed E-state index contributed by atoms with van der Waals surface area (Å²) in [7, 11) is 0. The summed E-state index contributed by atoms with van der Waals surface area (Å²) in [4.78, 5) is 24.4. The van der Waals surface area contributed by atoms with Crippen molar-refractivity contribution in [2.24, 2.45) is 5.92 Å². The van der Waals surface area contributed by atoms with Gasteiger partial charge in [-0.2, -0.15) is 0 Å². The summed E-state index contributed by atoms with van der Waals surface area (Å²) in [6.45, 7) is 5.37. The van der Waals surface area contributed by atoms with Crippen molar-refractivity contribution >= 4 is 11.9 Å². The van der Waals surface area contributed by atoms with Gasteiger partial charge in [0.2, 0.25) is 5.91 Å². The number of carboxylic acid groups (broad SMARTS) is 1. The van der Waals surface area contributed by atoms with E-state index in [0.717, 1.165) is 12.8 Å². The van der Waals surface area contributed by atoms with Gasteiger partial charge < -0.3 is 10.0 Å². The summed E-state index contributed by atoms with van der Waals surface area (Å²) in [6.07, 6.45) is 3.96. The lowest BCUT2D eigenvalue weighted by Gasteiger charge is -2.41. The van der Waals surface area contributed by atoms with Crippen molar-refractivity contribution in [1.82, 2.24) is 4.90 Å². The van der Waals surface area contributed by atoms with Crippen LogP contribution in [0.2, 0.25) is 0 Å². The van der Waals surface area contributed by atoms with E-state index in [2.05, 4.69) is 0 Å². The monoisotopic (exact) mass is 227 g/mol. The Kier molecular flexibility index (Phi) is 3.94. The quantitative estimate of drug-likeness (QED) is 0.780. The van der Waals surface area contributed by atoms with Crippen LogP contribution in [0.3, 0.4) is 0 Å². The second kappa shape index (κ2) is 4.85. The molecule has 1 aliphatic rings. The molecule has 0 spiro atoms. The third-order valence-electron chi connectivity index (χ3n) is 3.66. The molecular formula is C12H21NO3. The fourth-order valence-corrected chi connectivity index (χ4v) is 2.49. The van der Waals surface area contributed by atoms with E-state index in [1.807, 2.05) is 6.92 Å². The van der Waals surface area contributed by atoms with Crippen LogP contribution in [0, 0.1) is 5.92 Å². The molecular weight excluding hydrogens is 206 g/mol. The lowest BCUT2D eigenvalue weighted by atomic mass is 9.76. The minimum Gasteiger partial charge on any atom is -0.480 e. The fraction of sp³-hybridized carbons (Fsp3) is 0.833. The Labute approximate surface area is 96.6 Å². The normalized spacial score (nSPS) is 19.7. The number of aliphatic carboxylic acids is 1. The molecule has 16 heavy (non-hydrogen) atoms. The molecule has 1 unspecified atom stereocenters. The van der Waals surface area contributed by atoms with E-state index in [-0.39, 0.29) is 5.91 Å². The first-order chi connectivity index (χ1) is 7.41. The molecule has 1 aliphatic carbocycles. The zero-order valence-corrected chi connectivity index (χ0v) is 10.3. The van der Waals surface area contributed by atoms with E-state index in [1.165, 1.54) is 18.2 Å². The van der Waals surface area contributed by atoms with E-state index < -0.39 is 11.5 Å². The van der Waals surface area contributed by atoms with Crippen molar-refractivity contribution in [2.75, 3.05) is 6.54 Å². The molecule has 1 rings (SSSR count). The molecule has 0 bridgehead atoms. The summed E-state index contributed by atoms with van der Waals surface area (Å²) < 4.78 is 0. The van der Waals surface area contributed by atoms with Crippen molar-refractivity contribution in [3.05, 3.63) is 0 Å². The fourth-order valence-electron chi connectivity index (χ4n) is 2.49. The molecule has 0 heterocycles. The molecule has 0 aromatic heterocycles. The van der Waals surface area contributed by atoms with Crippen molar-refractivity contribution in [3.8, 4) is 0 Å². The van der Waals surface area contributed by atoms with E-state index in [0.29, 0.717) is 18.9 Å². The number of hydrogen-bond acceptors (Lipinski definition) is 2. The number of carboxylic acids is 1. The van der Waals surface area contributed by atoms with Crippen molar-refractivity contribution < 1.29 is 14.7 Å². The standard InChI is InChI=1S/C12H21NO3/c1-4-13(9(2)14)12(3,11(15)16)8-10-6-5-7-10/h10H,4-8H2,1-3H3,(H,15,16). The predicted octanol–water partition coefficient (Wildman–Crippen LogP) is 1.89. The largest absolute Gasteiger partial charge is 0.480 e. The highest BCUT2D eigenvalue weighted by Crippen LogP contribution is 2.36. The summed E-state index contributed by atoms with van der Waals surface area (Å²) in [6, 6.07) is 0. The minimum absolute atomic E-state index is 0.160. The van der Waals surface area contributed by atoms with Gasteiger partial charge in [0.25, 0.3) is 0 Å². The number of carbonyl (C=O) groups excluding carboxylic acids is 1. The van der Waals surface area contributed by atoms with Crippen LogP contribution in [0.4, 0.5) is 0 Å². The number of likely N-dealkylation sites (N-methyl/N-ethyl adjacent to an activating group) is 1. The third kappa shape index (κ3) is 2.36. The van der Waals surface area contributed by atoms with Gasteiger partial charge >= 0.3 is 5.97 Å². The van der Waals surface area contributed by atoms with Crippen LogP contribution in [0.1, 0.15) is 46.5 Å². The summed E-state index contributed by atoms with van der Waals surface area (Å²) >= 11 is 0. The van der Waals surface area contributed by atoms with E-state index in [9.17, 15) is 14.7 Å². The predicted molar refractivity (Wildman–Crippen MR) is 61.1 cm³/mol. The molecule has 1 atom stereocenters. The lowest BCUT2D eigenvalue weighted by molar-refractivity contribution is -0.159. The summed E-state index contributed by atoms with van der Waals surface area (Å²) in [5.41, 5.74) is -1.04. The van der Waals surface area contributed by atoms with Gasteiger partial charge in [0.05, 0.1) is 0 Å². The highest BCUT2D eigenvalue weighted by atomic mass is 16.4. The summed E-state index contributed by atoms with van der Waals surface area (Å²) in [5.74, 6) is -0.585. The number of hydrogen-bond donors (Lipinski definition) is 1. The third-order valence-corrected chi connectivity index (χ3v) is 3.66. The smallest absolute Gasteiger partial charge is 0.329 e. The zero-order chi connectivity index (χ0) is 12.3. The van der Waals surface area contributed by atoms with E-state index in [4.69, 9.17) is 0 Å².